The molecule has 0 fully saturated rings. The monoisotopic (exact) mass is 461 g/mol. The Morgan fingerprint density at radius 1 is 0.444 bits per heavy atom. The largest absolute Gasteiger partial charge is 0.456 e. The summed E-state index contributed by atoms with van der Waals surface area (Å²) in [5, 5.41) is 8.37. The lowest BCUT2D eigenvalue weighted by Crippen LogP contribution is -1.91. The van der Waals surface area contributed by atoms with E-state index in [9.17, 15) is 0 Å². The maximum atomic E-state index is 6.03. The van der Waals surface area contributed by atoms with Gasteiger partial charge in [0.05, 0.1) is 11.1 Å². The van der Waals surface area contributed by atoms with Crippen molar-refractivity contribution in [1.29, 1.82) is 0 Å². The molecule has 170 valence electrons. The molecule has 0 unspecified atom stereocenters. The highest BCUT2D eigenvalue weighted by Crippen LogP contribution is 2.36. The molecule has 2 heteroatoms. The first-order valence-electron chi connectivity index (χ1n) is 12.2. The molecule has 1 aromatic heterocycles. The van der Waals surface area contributed by atoms with Crippen molar-refractivity contribution in [2.24, 2.45) is 0 Å². The smallest absolute Gasteiger partial charge is 0.137 e. The predicted octanol–water partition coefficient (Wildman–Crippen LogP) is 9.82. The summed E-state index contributed by atoms with van der Waals surface area (Å²) in [7, 11) is 0. The molecule has 0 bridgehead atoms. The average molecular weight is 462 g/mol. The van der Waals surface area contributed by atoms with Crippen LogP contribution in [0.15, 0.2) is 138 Å². The highest BCUT2D eigenvalue weighted by atomic mass is 16.3. The zero-order chi connectivity index (χ0) is 23.9. The van der Waals surface area contributed by atoms with E-state index in [4.69, 9.17) is 4.42 Å². The summed E-state index contributed by atoms with van der Waals surface area (Å²) in [6, 6.07) is 46.8. The van der Waals surface area contributed by atoms with Crippen molar-refractivity contribution in [1.82, 2.24) is 0 Å². The minimum absolute atomic E-state index is 0.893. The van der Waals surface area contributed by atoms with E-state index < -0.39 is 0 Å². The summed E-state index contributed by atoms with van der Waals surface area (Å²) in [6.07, 6.45) is 0. The quantitative estimate of drug-likeness (QED) is 0.282. The van der Waals surface area contributed by atoms with E-state index in [0.717, 1.165) is 33.3 Å². The Morgan fingerprint density at radius 2 is 1.06 bits per heavy atom. The number of para-hydroxylation sites is 1. The van der Waals surface area contributed by atoms with Gasteiger partial charge in [-0.25, -0.2) is 0 Å². The van der Waals surface area contributed by atoms with E-state index in [2.05, 4.69) is 115 Å². The van der Waals surface area contributed by atoms with Gasteiger partial charge in [0, 0.05) is 11.1 Å². The normalized spacial score (nSPS) is 11.3. The summed E-state index contributed by atoms with van der Waals surface area (Å²) in [5.41, 5.74) is 8.78. The van der Waals surface area contributed by atoms with Gasteiger partial charge >= 0.3 is 0 Å². The summed E-state index contributed by atoms with van der Waals surface area (Å²) in [6.45, 7) is 0. The molecular weight excluding hydrogens is 438 g/mol. The molecule has 0 aliphatic carbocycles. The summed E-state index contributed by atoms with van der Waals surface area (Å²) < 4.78 is 6.03. The molecule has 6 aromatic carbocycles. The van der Waals surface area contributed by atoms with Crippen LogP contribution in [0.25, 0.3) is 55.0 Å². The summed E-state index contributed by atoms with van der Waals surface area (Å²) in [5.74, 6) is 0. The Balaban J connectivity index is 1.17. The molecule has 0 spiro atoms. The third-order valence-electron chi connectivity index (χ3n) is 6.89. The maximum absolute atomic E-state index is 6.03. The Hall–Kier alpha value is -4.82. The second-order valence-corrected chi connectivity index (χ2v) is 9.08. The molecule has 0 saturated heterocycles. The van der Waals surface area contributed by atoms with E-state index >= 15 is 0 Å². The van der Waals surface area contributed by atoms with Crippen LogP contribution < -0.4 is 5.32 Å². The topological polar surface area (TPSA) is 25.2 Å². The standard InChI is InChI=1S/C34H23NO/c1-2-9-28-25(7-1)8-5-11-29(28)26-17-15-23(16-18-26)24-19-21-27(22-20-24)35-31-12-6-14-33-34(31)30-10-3-4-13-32(30)36-33/h1-22,35H. The highest BCUT2D eigenvalue weighted by molar-refractivity contribution is 6.12. The van der Waals surface area contributed by atoms with E-state index in [-0.39, 0.29) is 0 Å². The Labute approximate surface area is 209 Å². The van der Waals surface area contributed by atoms with Gasteiger partial charge in [0.25, 0.3) is 0 Å². The van der Waals surface area contributed by atoms with Gasteiger partial charge in [0.15, 0.2) is 0 Å². The van der Waals surface area contributed by atoms with Crippen LogP contribution in [0.2, 0.25) is 0 Å². The van der Waals surface area contributed by atoms with Crippen molar-refractivity contribution in [2.45, 2.75) is 0 Å². The first-order chi connectivity index (χ1) is 17.8. The van der Waals surface area contributed by atoms with Gasteiger partial charge in [-0.3, -0.25) is 0 Å². The van der Waals surface area contributed by atoms with Gasteiger partial charge in [0.2, 0.25) is 0 Å². The molecule has 1 heterocycles. The Kier molecular flexibility index (Phi) is 4.82. The number of nitrogens with one attached hydrogen (secondary N) is 1. The number of furan rings is 1. The molecule has 0 saturated carbocycles. The van der Waals surface area contributed by atoms with E-state index in [1.165, 1.54) is 33.0 Å². The molecule has 0 aliphatic heterocycles. The molecule has 0 atom stereocenters. The lowest BCUT2D eigenvalue weighted by molar-refractivity contribution is 0.669. The van der Waals surface area contributed by atoms with Gasteiger partial charge in [-0.1, -0.05) is 103 Å². The lowest BCUT2D eigenvalue weighted by atomic mass is 9.96. The van der Waals surface area contributed by atoms with Gasteiger partial charge in [-0.05, 0) is 63.4 Å². The molecular formula is C34H23NO. The second kappa shape index (κ2) is 8.44. The third-order valence-corrected chi connectivity index (χ3v) is 6.89. The number of benzene rings is 6. The van der Waals surface area contributed by atoms with Crippen molar-refractivity contribution < 1.29 is 4.42 Å². The predicted molar refractivity (Wildman–Crippen MR) is 152 cm³/mol. The number of hydrogen-bond donors (Lipinski definition) is 1. The zero-order valence-corrected chi connectivity index (χ0v) is 19.6. The van der Waals surface area contributed by atoms with Crippen LogP contribution in [0.3, 0.4) is 0 Å². The number of rotatable bonds is 4. The van der Waals surface area contributed by atoms with Crippen LogP contribution >= 0.6 is 0 Å². The van der Waals surface area contributed by atoms with Crippen LogP contribution in [0, 0.1) is 0 Å². The number of anilines is 2. The van der Waals surface area contributed by atoms with Crippen molar-refractivity contribution in [3.63, 3.8) is 0 Å². The SMILES string of the molecule is c1ccc2c(-c3ccc(-c4ccc(Nc5cccc6oc7ccccc7c56)cc4)cc3)cccc2c1. The van der Waals surface area contributed by atoms with Gasteiger partial charge in [-0.15, -0.1) is 0 Å². The molecule has 2 nitrogen and oxygen atoms in total. The average Bonchev–Trinajstić information content (AvgIpc) is 3.33. The minimum atomic E-state index is 0.893. The lowest BCUT2D eigenvalue weighted by Gasteiger charge is -2.10. The summed E-state index contributed by atoms with van der Waals surface area (Å²) >= 11 is 0. The van der Waals surface area contributed by atoms with Crippen LogP contribution in [-0.4, -0.2) is 0 Å². The fraction of sp³-hybridized carbons (Fsp3) is 0. The number of fused-ring (bicyclic) bond motifs is 4. The molecule has 7 aromatic rings. The Bertz CT molecular complexity index is 1840. The first-order valence-corrected chi connectivity index (χ1v) is 12.2. The van der Waals surface area contributed by atoms with Crippen LogP contribution in [0.1, 0.15) is 0 Å². The third kappa shape index (κ3) is 3.52. The van der Waals surface area contributed by atoms with Gasteiger partial charge < -0.3 is 9.73 Å². The summed E-state index contributed by atoms with van der Waals surface area (Å²) in [4.78, 5) is 0. The fourth-order valence-electron chi connectivity index (χ4n) is 5.10. The van der Waals surface area contributed by atoms with Crippen molar-refractivity contribution in [2.75, 3.05) is 5.32 Å². The van der Waals surface area contributed by atoms with E-state index in [1.807, 2.05) is 24.3 Å². The molecule has 7 rings (SSSR count). The fourth-order valence-corrected chi connectivity index (χ4v) is 5.10. The van der Waals surface area contributed by atoms with Crippen molar-refractivity contribution >= 4 is 44.1 Å². The van der Waals surface area contributed by atoms with Crippen LogP contribution in [0.5, 0.6) is 0 Å². The van der Waals surface area contributed by atoms with Gasteiger partial charge in [0.1, 0.15) is 11.2 Å². The highest BCUT2D eigenvalue weighted by Gasteiger charge is 2.11. The Morgan fingerprint density at radius 3 is 1.89 bits per heavy atom. The molecule has 0 radical (unpaired) electrons. The van der Waals surface area contributed by atoms with Gasteiger partial charge in [-0.2, -0.15) is 0 Å². The maximum Gasteiger partial charge on any atom is 0.137 e. The number of hydrogen-bond acceptors (Lipinski definition) is 2. The van der Waals surface area contributed by atoms with Crippen molar-refractivity contribution in [3.05, 3.63) is 133 Å². The van der Waals surface area contributed by atoms with E-state index in [1.54, 1.807) is 0 Å². The van der Waals surface area contributed by atoms with E-state index in [0.29, 0.717) is 0 Å². The zero-order valence-electron chi connectivity index (χ0n) is 19.6. The molecule has 0 aliphatic rings. The first kappa shape index (κ1) is 20.5. The van der Waals surface area contributed by atoms with Crippen LogP contribution in [-0.2, 0) is 0 Å². The molecule has 36 heavy (non-hydrogen) atoms. The molecule has 1 N–H and O–H groups in total. The minimum Gasteiger partial charge on any atom is -0.456 e. The van der Waals surface area contributed by atoms with Crippen molar-refractivity contribution in [3.8, 4) is 22.3 Å². The van der Waals surface area contributed by atoms with Crippen LogP contribution in [0.4, 0.5) is 11.4 Å². The molecule has 0 amide bonds. The second-order valence-electron chi connectivity index (χ2n) is 9.08.